The lowest BCUT2D eigenvalue weighted by Crippen LogP contribution is -2.16. The van der Waals surface area contributed by atoms with Crippen molar-refractivity contribution in [1.29, 1.82) is 0 Å². The van der Waals surface area contributed by atoms with Crippen LogP contribution in [-0.4, -0.2) is 9.55 Å². The fourth-order valence-electron chi connectivity index (χ4n) is 3.66. The van der Waals surface area contributed by atoms with E-state index in [0.717, 1.165) is 16.5 Å². The molecule has 0 unspecified atom stereocenters. The molecule has 0 atom stereocenters. The molecule has 0 spiro atoms. The van der Waals surface area contributed by atoms with Gasteiger partial charge in [-0.2, -0.15) is 0 Å². The average molecular weight is 448 g/mol. The largest absolute Gasteiger partial charge is 0.438 e. The van der Waals surface area contributed by atoms with Gasteiger partial charge in [-0.15, -0.1) is 11.3 Å². The van der Waals surface area contributed by atoms with Gasteiger partial charge >= 0.3 is 0 Å². The summed E-state index contributed by atoms with van der Waals surface area (Å²) in [4.78, 5) is 20.9. The Morgan fingerprint density at radius 1 is 1.19 bits per heavy atom. The monoisotopic (exact) mass is 447 g/mol. The molecular formula is C25H22FN3O2S. The molecular weight excluding hydrogens is 425 g/mol. The second kappa shape index (κ2) is 7.88. The second-order valence-electron chi connectivity index (χ2n) is 8.34. The van der Waals surface area contributed by atoms with E-state index >= 15 is 0 Å². The normalized spacial score (nSPS) is 11.5. The number of pyridine rings is 2. The SMILES string of the molecule is [C-]#[N+]C(C)(C)c1cnc(Oc2c(C)cc(F)cc2C)c(-c2cn(C)c(=O)c3sccc23)c1. The highest BCUT2D eigenvalue weighted by atomic mass is 32.1. The lowest BCUT2D eigenvalue weighted by atomic mass is 9.93. The minimum absolute atomic E-state index is 0.0722. The van der Waals surface area contributed by atoms with E-state index in [9.17, 15) is 9.18 Å². The first kappa shape index (κ1) is 21.7. The third kappa shape index (κ3) is 3.67. The number of thiophene rings is 1. The Morgan fingerprint density at radius 2 is 1.88 bits per heavy atom. The molecule has 0 bridgehead atoms. The van der Waals surface area contributed by atoms with Crippen molar-refractivity contribution in [1.82, 2.24) is 9.55 Å². The van der Waals surface area contributed by atoms with Crippen LogP contribution in [0, 0.1) is 26.2 Å². The summed E-state index contributed by atoms with van der Waals surface area (Å²) in [5.41, 5.74) is 2.64. The van der Waals surface area contributed by atoms with Gasteiger partial charge in [-0.25, -0.2) is 15.9 Å². The van der Waals surface area contributed by atoms with E-state index in [1.807, 2.05) is 31.4 Å². The van der Waals surface area contributed by atoms with Crippen LogP contribution in [0.1, 0.15) is 30.5 Å². The van der Waals surface area contributed by atoms with Crippen molar-refractivity contribution in [3.05, 3.63) is 86.3 Å². The van der Waals surface area contributed by atoms with E-state index in [1.165, 1.54) is 23.5 Å². The highest BCUT2D eigenvalue weighted by Gasteiger charge is 2.29. The quantitative estimate of drug-likeness (QED) is 0.342. The van der Waals surface area contributed by atoms with Crippen molar-refractivity contribution < 1.29 is 9.13 Å². The maximum Gasteiger partial charge on any atom is 0.268 e. The van der Waals surface area contributed by atoms with Gasteiger partial charge in [0.1, 0.15) is 16.3 Å². The standard InChI is InChI=1S/C25H22FN3O2S/c1-14-9-17(26)10-15(2)21(14)31-23-19(11-16(12-28-23)25(3,4)27-5)20-13-29(6)24(30)22-18(20)7-8-32-22/h7-13H,1-4,6H3. The lowest BCUT2D eigenvalue weighted by Gasteiger charge is -2.18. The van der Waals surface area contributed by atoms with E-state index < -0.39 is 5.54 Å². The topological polar surface area (TPSA) is 48.5 Å². The van der Waals surface area contributed by atoms with Crippen molar-refractivity contribution in [2.24, 2.45) is 7.05 Å². The smallest absolute Gasteiger partial charge is 0.268 e. The molecule has 0 aliphatic rings. The van der Waals surface area contributed by atoms with Crippen molar-refractivity contribution in [3.63, 3.8) is 0 Å². The van der Waals surface area contributed by atoms with Crippen LogP contribution in [0.5, 0.6) is 11.6 Å². The number of hydrogen-bond donors (Lipinski definition) is 0. The Morgan fingerprint density at radius 3 is 2.53 bits per heavy atom. The van der Waals surface area contributed by atoms with E-state index in [1.54, 1.807) is 37.9 Å². The summed E-state index contributed by atoms with van der Waals surface area (Å²) in [7, 11) is 1.71. The zero-order chi connectivity index (χ0) is 23.2. The molecule has 0 saturated carbocycles. The summed E-state index contributed by atoms with van der Waals surface area (Å²) in [6.45, 7) is 14.8. The Balaban J connectivity index is 2.00. The molecule has 32 heavy (non-hydrogen) atoms. The molecule has 5 nitrogen and oxygen atoms in total. The predicted octanol–water partition coefficient (Wildman–Crippen LogP) is 6.36. The van der Waals surface area contributed by atoms with Crippen molar-refractivity contribution in [2.45, 2.75) is 33.2 Å². The molecule has 162 valence electrons. The highest BCUT2D eigenvalue weighted by molar-refractivity contribution is 7.17. The van der Waals surface area contributed by atoms with Crippen LogP contribution >= 0.6 is 11.3 Å². The summed E-state index contributed by atoms with van der Waals surface area (Å²) in [6.07, 6.45) is 3.40. The molecule has 0 radical (unpaired) electrons. The summed E-state index contributed by atoms with van der Waals surface area (Å²) in [6, 6.07) is 6.64. The van der Waals surface area contributed by atoms with Gasteiger partial charge in [0.2, 0.25) is 5.88 Å². The fraction of sp³-hybridized carbons (Fsp3) is 0.240. The molecule has 4 aromatic rings. The zero-order valence-corrected chi connectivity index (χ0v) is 19.3. The molecule has 0 aliphatic carbocycles. The number of fused-ring (bicyclic) bond motifs is 1. The van der Waals surface area contributed by atoms with Crippen LogP contribution in [0.4, 0.5) is 4.39 Å². The van der Waals surface area contributed by atoms with Crippen molar-refractivity contribution >= 4 is 21.4 Å². The number of rotatable bonds is 4. The Hall–Kier alpha value is -3.50. The fourth-order valence-corrected chi connectivity index (χ4v) is 4.55. The molecule has 4 rings (SSSR count). The van der Waals surface area contributed by atoms with Crippen molar-refractivity contribution in [2.75, 3.05) is 0 Å². The summed E-state index contributed by atoms with van der Waals surface area (Å²) in [5, 5.41) is 2.68. The van der Waals surface area contributed by atoms with Crippen LogP contribution in [-0.2, 0) is 12.6 Å². The third-order valence-corrected chi connectivity index (χ3v) is 6.45. The molecule has 0 N–H and O–H groups in total. The zero-order valence-electron chi connectivity index (χ0n) is 18.5. The molecule has 0 fully saturated rings. The minimum atomic E-state index is -0.781. The molecule has 0 aliphatic heterocycles. The van der Waals surface area contributed by atoms with Gasteiger partial charge in [-0.05, 0) is 54.6 Å². The number of nitrogens with zero attached hydrogens (tertiary/aromatic N) is 3. The Kier molecular flexibility index (Phi) is 5.35. The van der Waals surface area contributed by atoms with Gasteiger partial charge in [-0.3, -0.25) is 4.79 Å². The first-order valence-corrected chi connectivity index (χ1v) is 10.9. The Bertz CT molecular complexity index is 1440. The molecule has 0 saturated heterocycles. The molecule has 7 heteroatoms. The van der Waals surface area contributed by atoms with Crippen LogP contribution in [0.25, 0.3) is 26.1 Å². The van der Waals surface area contributed by atoms with Gasteiger partial charge in [0.25, 0.3) is 11.1 Å². The van der Waals surface area contributed by atoms with Crippen molar-refractivity contribution in [3.8, 4) is 22.8 Å². The van der Waals surface area contributed by atoms with Gasteiger partial charge in [0.15, 0.2) is 0 Å². The van der Waals surface area contributed by atoms with Crippen LogP contribution < -0.4 is 10.3 Å². The van der Waals surface area contributed by atoms with Crippen LogP contribution in [0.3, 0.4) is 0 Å². The highest BCUT2D eigenvalue weighted by Crippen LogP contribution is 2.40. The molecule has 1 aromatic carbocycles. The number of aryl methyl sites for hydroxylation is 3. The second-order valence-corrected chi connectivity index (χ2v) is 9.26. The third-order valence-electron chi connectivity index (χ3n) is 5.54. The number of benzene rings is 1. The van der Waals surface area contributed by atoms with Gasteiger partial charge < -0.3 is 14.1 Å². The van der Waals surface area contributed by atoms with E-state index in [-0.39, 0.29) is 11.4 Å². The van der Waals surface area contributed by atoms with E-state index in [0.29, 0.717) is 33.0 Å². The molecule has 3 heterocycles. The maximum absolute atomic E-state index is 13.8. The van der Waals surface area contributed by atoms with E-state index in [2.05, 4.69) is 9.83 Å². The summed E-state index contributed by atoms with van der Waals surface area (Å²) < 4.78 is 22.2. The predicted molar refractivity (Wildman–Crippen MR) is 126 cm³/mol. The number of aromatic nitrogens is 2. The van der Waals surface area contributed by atoms with Crippen LogP contribution in [0.2, 0.25) is 0 Å². The molecule has 3 aromatic heterocycles. The average Bonchev–Trinajstić information content (AvgIpc) is 3.23. The van der Waals surface area contributed by atoms with Gasteiger partial charge in [0, 0.05) is 49.8 Å². The van der Waals surface area contributed by atoms with Gasteiger partial charge in [-0.1, -0.05) is 0 Å². The number of hydrogen-bond acceptors (Lipinski definition) is 4. The van der Waals surface area contributed by atoms with Gasteiger partial charge in [0.05, 0.1) is 5.56 Å². The lowest BCUT2D eigenvalue weighted by molar-refractivity contribution is 0.454. The van der Waals surface area contributed by atoms with Crippen LogP contribution in [0.15, 0.2) is 46.8 Å². The number of halogens is 1. The summed E-state index contributed by atoms with van der Waals surface area (Å²) >= 11 is 1.38. The van der Waals surface area contributed by atoms with E-state index in [4.69, 9.17) is 11.3 Å². The summed E-state index contributed by atoms with van der Waals surface area (Å²) in [5.74, 6) is 0.537. The first-order chi connectivity index (χ1) is 15.1. The number of ether oxygens (including phenoxy) is 1. The minimum Gasteiger partial charge on any atom is -0.438 e. The first-order valence-electron chi connectivity index (χ1n) is 10.0. The molecule has 0 amide bonds. The Labute approximate surface area is 189 Å². The maximum atomic E-state index is 13.8.